The summed E-state index contributed by atoms with van der Waals surface area (Å²) in [5, 5.41) is 0. The van der Waals surface area contributed by atoms with Crippen molar-refractivity contribution in [1.82, 2.24) is 0 Å². The maximum Gasteiger partial charge on any atom is 0.380 e. The largest absolute Gasteiger partial charge is 0.380 e. The minimum Gasteiger partial charge on any atom is -0.375 e. The predicted octanol–water partition coefficient (Wildman–Crippen LogP) is 2.84. The smallest absolute Gasteiger partial charge is 0.375 e. The van der Waals surface area contributed by atoms with Crippen molar-refractivity contribution in [2.24, 2.45) is 0 Å². The molecule has 0 aromatic heterocycles. The number of hydrogen-bond donors (Lipinski definition) is 1. The van der Waals surface area contributed by atoms with Gasteiger partial charge in [0, 0.05) is 6.61 Å². The van der Waals surface area contributed by atoms with Crippen LogP contribution in [0.2, 0.25) is 0 Å². The van der Waals surface area contributed by atoms with Crippen molar-refractivity contribution < 1.29 is 52.8 Å². The van der Waals surface area contributed by atoms with Gasteiger partial charge in [0.2, 0.25) is 0 Å². The summed E-state index contributed by atoms with van der Waals surface area (Å²) >= 11 is 0. The third-order valence-electron chi connectivity index (χ3n) is 2.38. The van der Waals surface area contributed by atoms with Crippen LogP contribution in [0.3, 0.4) is 0 Å². The second-order valence-corrected chi connectivity index (χ2v) is 5.82. The van der Waals surface area contributed by atoms with Crippen LogP contribution in [0.5, 0.6) is 0 Å². The van der Waals surface area contributed by atoms with E-state index in [1.807, 2.05) is 0 Å². The lowest BCUT2D eigenvalue weighted by atomic mass is 10.1. The van der Waals surface area contributed by atoms with Crippen LogP contribution in [-0.2, 0) is 14.9 Å². The molecule has 4 nitrogen and oxygen atoms in total. The first-order chi connectivity index (χ1) is 9.65. The van der Waals surface area contributed by atoms with E-state index in [1.165, 1.54) is 0 Å². The molecule has 0 saturated heterocycles. The zero-order valence-corrected chi connectivity index (χ0v) is 11.5. The highest BCUT2D eigenvalue weighted by atomic mass is 32.2. The van der Waals surface area contributed by atoms with Crippen LogP contribution in [0.1, 0.15) is 12.8 Å². The maximum absolute atomic E-state index is 12.9. The second-order valence-electron chi connectivity index (χ2n) is 4.25. The molecule has 0 saturated carbocycles. The lowest BCUT2D eigenvalue weighted by Crippen LogP contribution is -2.59. The molecule has 0 spiro atoms. The van der Waals surface area contributed by atoms with Gasteiger partial charge in [-0.15, -0.1) is 0 Å². The van der Waals surface area contributed by atoms with Crippen LogP contribution in [0.25, 0.3) is 0 Å². The molecule has 0 heterocycles. The van der Waals surface area contributed by atoms with Crippen molar-refractivity contribution in [2.75, 3.05) is 19.0 Å². The number of hydrogen-bond acceptors (Lipinski definition) is 3. The summed E-state index contributed by atoms with van der Waals surface area (Å²) in [7, 11) is -4.30. The molecular formula is C9H12F8O4S. The summed E-state index contributed by atoms with van der Waals surface area (Å²) in [6.07, 6.45) is -5.54. The highest BCUT2D eigenvalue weighted by molar-refractivity contribution is 7.85. The molecular weight excluding hydrogens is 356 g/mol. The summed E-state index contributed by atoms with van der Waals surface area (Å²) in [4.78, 5) is 0. The van der Waals surface area contributed by atoms with Gasteiger partial charge in [-0.1, -0.05) is 0 Å². The fraction of sp³-hybridized carbons (Fsp3) is 1.00. The van der Waals surface area contributed by atoms with Gasteiger partial charge in [0.05, 0.1) is 5.75 Å². The minimum absolute atomic E-state index is 0.270. The van der Waals surface area contributed by atoms with Gasteiger partial charge in [-0.05, 0) is 12.8 Å². The van der Waals surface area contributed by atoms with E-state index in [0.29, 0.717) is 0 Å². The van der Waals surface area contributed by atoms with Gasteiger partial charge in [0.15, 0.2) is 0 Å². The van der Waals surface area contributed by atoms with Crippen LogP contribution >= 0.6 is 0 Å². The lowest BCUT2D eigenvalue weighted by Gasteiger charge is -2.32. The molecule has 0 unspecified atom stereocenters. The van der Waals surface area contributed by atoms with Gasteiger partial charge in [-0.2, -0.15) is 34.8 Å². The highest BCUT2D eigenvalue weighted by Crippen LogP contribution is 2.48. The summed E-state index contributed by atoms with van der Waals surface area (Å²) in [5.41, 5.74) is 0. The number of alkyl halides is 8. The number of rotatable bonds is 10. The number of ether oxygens (including phenoxy) is 1. The Morgan fingerprint density at radius 3 is 1.91 bits per heavy atom. The number of halogens is 8. The summed E-state index contributed by atoms with van der Waals surface area (Å²) < 4.78 is 133. The van der Waals surface area contributed by atoms with Gasteiger partial charge >= 0.3 is 24.2 Å². The lowest BCUT2D eigenvalue weighted by molar-refractivity contribution is -0.346. The van der Waals surface area contributed by atoms with E-state index in [1.54, 1.807) is 0 Å². The summed E-state index contributed by atoms with van der Waals surface area (Å²) in [5.74, 6) is -18.9. The fourth-order valence-electron chi connectivity index (χ4n) is 1.16. The topological polar surface area (TPSA) is 63.6 Å². The van der Waals surface area contributed by atoms with Gasteiger partial charge < -0.3 is 4.74 Å². The van der Waals surface area contributed by atoms with Crippen LogP contribution in [-0.4, -0.2) is 56.1 Å². The van der Waals surface area contributed by atoms with Crippen molar-refractivity contribution in [3.05, 3.63) is 0 Å². The van der Waals surface area contributed by atoms with E-state index < -0.39 is 53.3 Å². The number of unbranched alkanes of at least 4 members (excludes halogenated alkanes) is 1. The molecule has 134 valence electrons. The molecule has 0 atom stereocenters. The zero-order chi connectivity index (χ0) is 17.8. The molecule has 0 aromatic carbocycles. The van der Waals surface area contributed by atoms with E-state index in [4.69, 9.17) is 4.55 Å². The van der Waals surface area contributed by atoms with E-state index in [2.05, 4.69) is 4.74 Å². The average Bonchev–Trinajstić information content (AvgIpc) is 2.31. The molecule has 0 rings (SSSR count). The Morgan fingerprint density at radius 2 is 1.50 bits per heavy atom. The van der Waals surface area contributed by atoms with Crippen LogP contribution < -0.4 is 0 Å². The SMILES string of the molecule is O=S(=O)(O)CCCCOCC(F)(F)C(F)(F)C(F)(F)C(F)F. The maximum atomic E-state index is 12.9. The molecule has 0 radical (unpaired) electrons. The van der Waals surface area contributed by atoms with Gasteiger partial charge in [-0.25, -0.2) is 8.78 Å². The van der Waals surface area contributed by atoms with Gasteiger partial charge in [-0.3, -0.25) is 4.55 Å². The Hall–Kier alpha value is -0.690. The van der Waals surface area contributed by atoms with Crippen LogP contribution in [0, 0.1) is 0 Å². The highest BCUT2D eigenvalue weighted by Gasteiger charge is 2.75. The van der Waals surface area contributed by atoms with Crippen molar-refractivity contribution in [3.8, 4) is 0 Å². The summed E-state index contributed by atoms with van der Waals surface area (Å²) in [6.45, 7) is -2.98. The molecule has 13 heteroatoms. The molecule has 0 aliphatic rings. The monoisotopic (exact) mass is 368 g/mol. The van der Waals surface area contributed by atoms with Crippen molar-refractivity contribution in [3.63, 3.8) is 0 Å². The first-order valence-corrected chi connectivity index (χ1v) is 7.20. The Morgan fingerprint density at radius 1 is 1.00 bits per heavy atom. The zero-order valence-electron chi connectivity index (χ0n) is 10.7. The molecule has 0 fully saturated rings. The van der Waals surface area contributed by atoms with Crippen LogP contribution in [0.15, 0.2) is 0 Å². The molecule has 22 heavy (non-hydrogen) atoms. The molecule has 1 N–H and O–H groups in total. The van der Waals surface area contributed by atoms with Crippen molar-refractivity contribution >= 4 is 10.1 Å². The Balaban J connectivity index is 4.46. The molecule has 0 bridgehead atoms. The van der Waals surface area contributed by atoms with E-state index in [0.717, 1.165) is 0 Å². The average molecular weight is 368 g/mol. The summed E-state index contributed by atoms with van der Waals surface area (Å²) in [6, 6.07) is 0. The van der Waals surface area contributed by atoms with E-state index in [-0.39, 0.29) is 12.8 Å². The quantitative estimate of drug-likeness (QED) is 0.366. The fourth-order valence-corrected chi connectivity index (χ4v) is 1.73. The predicted molar refractivity (Wildman–Crippen MR) is 57.3 cm³/mol. The van der Waals surface area contributed by atoms with E-state index in [9.17, 15) is 43.5 Å². The third-order valence-corrected chi connectivity index (χ3v) is 3.18. The van der Waals surface area contributed by atoms with Gasteiger partial charge in [0.1, 0.15) is 6.61 Å². The van der Waals surface area contributed by atoms with Crippen LogP contribution in [0.4, 0.5) is 35.1 Å². The Kier molecular flexibility index (Phi) is 7.03. The van der Waals surface area contributed by atoms with Gasteiger partial charge in [0.25, 0.3) is 10.1 Å². The van der Waals surface area contributed by atoms with Crippen molar-refractivity contribution in [1.29, 1.82) is 0 Å². The normalized spacial score (nSPS) is 14.6. The standard InChI is InChI=1S/C9H12F8O4S/c10-6(11)8(14,15)9(16,17)7(12,13)5-21-3-1-2-4-22(18,19)20/h6H,1-5H2,(H,18,19,20). The Labute approximate surface area is 120 Å². The molecule has 0 amide bonds. The molecule has 0 aliphatic heterocycles. The van der Waals surface area contributed by atoms with E-state index >= 15 is 0 Å². The minimum atomic E-state index is -6.33. The molecule has 0 aliphatic carbocycles. The first kappa shape index (κ1) is 21.3. The third kappa shape index (κ3) is 5.50. The second kappa shape index (κ2) is 7.25. The van der Waals surface area contributed by atoms with Crippen molar-refractivity contribution in [2.45, 2.75) is 37.0 Å². The first-order valence-electron chi connectivity index (χ1n) is 5.59. The molecule has 0 aromatic rings. The Bertz CT molecular complexity index is 451.